The van der Waals surface area contributed by atoms with Crippen molar-refractivity contribution in [3.8, 4) is 0 Å². The lowest BCUT2D eigenvalue weighted by Crippen LogP contribution is -2.42. The third-order valence-corrected chi connectivity index (χ3v) is 2.01. The number of rotatable bonds is 3. The first-order valence-electron chi connectivity index (χ1n) is 4.27. The van der Waals surface area contributed by atoms with E-state index in [1.807, 2.05) is 0 Å². The highest BCUT2D eigenvalue weighted by molar-refractivity contribution is 5.91. The molecule has 1 aromatic heterocycles. The Morgan fingerprint density at radius 2 is 2.33 bits per heavy atom. The number of aromatic amines is 1. The fourth-order valence-corrected chi connectivity index (χ4v) is 0.872. The van der Waals surface area contributed by atoms with E-state index in [9.17, 15) is 9.59 Å². The van der Waals surface area contributed by atoms with Gasteiger partial charge in [-0.25, -0.2) is 9.59 Å². The SMILES string of the molecule is CC(C(=O)O)N(C)C(=O)Nc1cn[nH]c1. The van der Waals surface area contributed by atoms with Crippen LogP contribution in [0, 0.1) is 0 Å². The Balaban J connectivity index is 2.57. The maximum atomic E-state index is 11.5. The molecule has 82 valence electrons. The van der Waals surface area contributed by atoms with Crippen molar-refractivity contribution in [3.63, 3.8) is 0 Å². The molecule has 0 fully saturated rings. The topological polar surface area (TPSA) is 98.3 Å². The number of likely N-dealkylation sites (N-methyl/N-ethyl adjacent to an activating group) is 1. The second kappa shape index (κ2) is 4.45. The molecule has 0 aromatic carbocycles. The molecule has 1 aromatic rings. The average Bonchev–Trinajstić information content (AvgIpc) is 2.67. The summed E-state index contributed by atoms with van der Waals surface area (Å²) in [5.41, 5.74) is 0.490. The number of amides is 2. The monoisotopic (exact) mass is 212 g/mol. The number of hydrogen-bond donors (Lipinski definition) is 3. The summed E-state index contributed by atoms with van der Waals surface area (Å²) in [5.74, 6) is -1.06. The van der Waals surface area contributed by atoms with Crippen LogP contribution in [0.25, 0.3) is 0 Å². The lowest BCUT2D eigenvalue weighted by atomic mass is 10.3. The van der Waals surface area contributed by atoms with Crippen molar-refractivity contribution in [3.05, 3.63) is 12.4 Å². The summed E-state index contributed by atoms with van der Waals surface area (Å²) in [6.45, 7) is 1.43. The van der Waals surface area contributed by atoms with Crippen LogP contribution in [-0.2, 0) is 4.79 Å². The molecule has 0 aliphatic carbocycles. The molecule has 0 saturated heterocycles. The zero-order chi connectivity index (χ0) is 11.4. The van der Waals surface area contributed by atoms with Gasteiger partial charge in [-0.1, -0.05) is 0 Å². The van der Waals surface area contributed by atoms with E-state index in [0.29, 0.717) is 5.69 Å². The number of hydrogen-bond acceptors (Lipinski definition) is 3. The Bertz CT molecular complexity index is 349. The van der Waals surface area contributed by atoms with Gasteiger partial charge < -0.3 is 15.3 Å². The van der Waals surface area contributed by atoms with E-state index in [1.165, 1.54) is 26.4 Å². The lowest BCUT2D eigenvalue weighted by molar-refractivity contribution is -0.141. The molecule has 1 rings (SSSR count). The standard InChI is InChI=1S/C8H12N4O3/c1-5(7(13)14)12(2)8(15)11-6-3-9-10-4-6/h3-5H,1-2H3,(H,9,10)(H,11,15)(H,13,14). The van der Waals surface area contributed by atoms with Crippen molar-refractivity contribution in [2.24, 2.45) is 0 Å². The third kappa shape index (κ3) is 2.70. The van der Waals surface area contributed by atoms with Crippen LogP contribution in [0.2, 0.25) is 0 Å². The summed E-state index contributed by atoms with van der Waals surface area (Å²) in [7, 11) is 1.41. The van der Waals surface area contributed by atoms with E-state index < -0.39 is 18.0 Å². The smallest absolute Gasteiger partial charge is 0.326 e. The van der Waals surface area contributed by atoms with Gasteiger partial charge in [0.05, 0.1) is 11.9 Å². The number of carbonyl (C=O) groups is 2. The van der Waals surface area contributed by atoms with Crippen LogP contribution in [0.15, 0.2) is 12.4 Å². The number of aliphatic carboxylic acids is 1. The summed E-state index contributed by atoms with van der Waals surface area (Å²) in [5, 5.41) is 17.3. The summed E-state index contributed by atoms with van der Waals surface area (Å²) in [6.07, 6.45) is 2.92. The van der Waals surface area contributed by atoms with Gasteiger partial charge in [0.25, 0.3) is 0 Å². The number of H-pyrrole nitrogens is 1. The lowest BCUT2D eigenvalue weighted by Gasteiger charge is -2.21. The van der Waals surface area contributed by atoms with Gasteiger partial charge in [0.2, 0.25) is 0 Å². The van der Waals surface area contributed by atoms with Gasteiger partial charge in [-0.15, -0.1) is 0 Å². The summed E-state index contributed by atoms with van der Waals surface area (Å²) in [4.78, 5) is 23.2. The van der Waals surface area contributed by atoms with E-state index in [4.69, 9.17) is 5.11 Å². The molecule has 0 spiro atoms. The second-order valence-corrected chi connectivity index (χ2v) is 3.04. The van der Waals surface area contributed by atoms with Gasteiger partial charge >= 0.3 is 12.0 Å². The highest BCUT2D eigenvalue weighted by Gasteiger charge is 2.21. The Labute approximate surface area is 86.1 Å². The molecule has 3 N–H and O–H groups in total. The maximum Gasteiger partial charge on any atom is 0.326 e. The van der Waals surface area contributed by atoms with Crippen molar-refractivity contribution in [1.29, 1.82) is 0 Å². The first-order valence-corrected chi connectivity index (χ1v) is 4.27. The number of nitrogens with zero attached hydrogens (tertiary/aromatic N) is 2. The van der Waals surface area contributed by atoms with E-state index in [-0.39, 0.29) is 0 Å². The number of nitrogens with one attached hydrogen (secondary N) is 2. The largest absolute Gasteiger partial charge is 0.480 e. The fraction of sp³-hybridized carbons (Fsp3) is 0.375. The molecular formula is C8H12N4O3. The zero-order valence-corrected chi connectivity index (χ0v) is 8.39. The number of urea groups is 1. The Morgan fingerprint density at radius 3 is 2.80 bits per heavy atom. The van der Waals surface area contributed by atoms with Gasteiger partial charge in [-0.3, -0.25) is 5.10 Å². The molecule has 0 saturated carbocycles. The predicted molar refractivity (Wildman–Crippen MR) is 52.5 cm³/mol. The number of aromatic nitrogens is 2. The van der Waals surface area contributed by atoms with E-state index in [0.717, 1.165) is 4.90 Å². The molecule has 1 heterocycles. The van der Waals surface area contributed by atoms with Gasteiger partial charge in [0.1, 0.15) is 6.04 Å². The fourth-order valence-electron chi connectivity index (χ4n) is 0.872. The summed E-state index contributed by atoms with van der Waals surface area (Å²) >= 11 is 0. The predicted octanol–water partition coefficient (Wildman–Crippen LogP) is 0.346. The zero-order valence-electron chi connectivity index (χ0n) is 8.39. The first-order chi connectivity index (χ1) is 7.02. The van der Waals surface area contributed by atoms with E-state index >= 15 is 0 Å². The third-order valence-electron chi connectivity index (χ3n) is 2.01. The van der Waals surface area contributed by atoms with Crippen LogP contribution in [0.1, 0.15) is 6.92 Å². The molecule has 1 unspecified atom stereocenters. The number of carboxylic acids is 1. The Hall–Kier alpha value is -2.05. The second-order valence-electron chi connectivity index (χ2n) is 3.04. The van der Waals surface area contributed by atoms with Gasteiger partial charge in [0.15, 0.2) is 0 Å². The van der Waals surface area contributed by atoms with Crippen molar-refractivity contribution >= 4 is 17.7 Å². The van der Waals surface area contributed by atoms with Gasteiger partial charge in [-0.05, 0) is 6.92 Å². The van der Waals surface area contributed by atoms with Crippen LogP contribution in [0.5, 0.6) is 0 Å². The molecule has 0 aliphatic rings. The highest BCUT2D eigenvalue weighted by atomic mass is 16.4. The normalized spacial score (nSPS) is 11.9. The van der Waals surface area contributed by atoms with Crippen molar-refractivity contribution in [2.45, 2.75) is 13.0 Å². The molecular weight excluding hydrogens is 200 g/mol. The minimum absolute atomic E-state index is 0.490. The first kappa shape index (κ1) is 11.0. The summed E-state index contributed by atoms with van der Waals surface area (Å²) in [6, 6.07) is -1.37. The minimum atomic E-state index is -1.06. The Kier molecular flexibility index (Phi) is 3.27. The van der Waals surface area contributed by atoms with Crippen molar-refractivity contribution in [1.82, 2.24) is 15.1 Å². The molecule has 1 atom stereocenters. The molecule has 2 amide bonds. The van der Waals surface area contributed by atoms with Crippen molar-refractivity contribution < 1.29 is 14.7 Å². The van der Waals surface area contributed by atoms with Crippen LogP contribution >= 0.6 is 0 Å². The highest BCUT2D eigenvalue weighted by Crippen LogP contribution is 2.04. The van der Waals surface area contributed by atoms with E-state index in [2.05, 4.69) is 15.5 Å². The average molecular weight is 212 g/mol. The number of anilines is 1. The van der Waals surface area contributed by atoms with Crippen LogP contribution < -0.4 is 5.32 Å². The molecule has 0 radical (unpaired) electrons. The molecule has 0 aliphatic heterocycles. The molecule has 15 heavy (non-hydrogen) atoms. The minimum Gasteiger partial charge on any atom is -0.480 e. The van der Waals surface area contributed by atoms with Crippen LogP contribution in [0.4, 0.5) is 10.5 Å². The molecule has 7 nitrogen and oxygen atoms in total. The van der Waals surface area contributed by atoms with Crippen LogP contribution in [-0.4, -0.2) is 45.3 Å². The van der Waals surface area contributed by atoms with Gasteiger partial charge in [-0.2, -0.15) is 5.10 Å². The number of carboxylic acid groups (broad SMARTS) is 1. The quantitative estimate of drug-likeness (QED) is 0.673. The molecule has 7 heteroatoms. The maximum absolute atomic E-state index is 11.5. The van der Waals surface area contributed by atoms with E-state index in [1.54, 1.807) is 0 Å². The molecule has 0 bridgehead atoms. The van der Waals surface area contributed by atoms with Crippen LogP contribution in [0.3, 0.4) is 0 Å². The van der Waals surface area contributed by atoms with Crippen molar-refractivity contribution in [2.75, 3.05) is 12.4 Å². The van der Waals surface area contributed by atoms with Gasteiger partial charge in [0, 0.05) is 13.2 Å². The number of carbonyl (C=O) groups excluding carboxylic acids is 1. The summed E-state index contributed by atoms with van der Waals surface area (Å²) < 4.78 is 0. The Morgan fingerprint density at radius 1 is 1.67 bits per heavy atom.